The van der Waals surface area contributed by atoms with E-state index in [9.17, 15) is 23.3 Å². The van der Waals surface area contributed by atoms with Crippen LogP contribution in [0.15, 0.2) is 12.1 Å². The zero-order chi connectivity index (χ0) is 13.2. The normalized spacial score (nSPS) is 11.0. The Hall–Kier alpha value is -1.62. The average Bonchev–Trinajstić information content (AvgIpc) is 2.25. The molecule has 0 saturated heterocycles. The highest BCUT2D eigenvalue weighted by molar-refractivity contribution is 9.08. The minimum atomic E-state index is -4.83. The number of benzene rings is 1. The summed E-state index contributed by atoms with van der Waals surface area (Å²) in [6, 6.07) is 2.87. The van der Waals surface area contributed by atoms with Gasteiger partial charge in [0.1, 0.15) is 5.56 Å². The Bertz CT molecular complexity index is 508. The molecule has 0 bridgehead atoms. The van der Waals surface area contributed by atoms with Crippen molar-refractivity contribution in [2.24, 2.45) is 0 Å². The molecular weight excluding hydrogens is 305 g/mol. The standard InChI is InChI=1S/C9H4BrF3N2O2/c10-3-5-1-7(9(11,12)13)8(15(16)17)2-6(5)4-14/h1-2H,3H2. The van der Waals surface area contributed by atoms with Crippen molar-refractivity contribution in [2.45, 2.75) is 11.5 Å². The number of halogens is 4. The predicted molar refractivity (Wildman–Crippen MR) is 55.4 cm³/mol. The largest absolute Gasteiger partial charge is 0.423 e. The first kappa shape index (κ1) is 13.4. The molecular formula is C9H4BrF3N2O2. The summed E-state index contributed by atoms with van der Waals surface area (Å²) in [7, 11) is 0. The van der Waals surface area contributed by atoms with E-state index in [4.69, 9.17) is 5.26 Å². The van der Waals surface area contributed by atoms with E-state index in [1.54, 1.807) is 6.07 Å². The number of hydrogen-bond donors (Lipinski definition) is 0. The van der Waals surface area contributed by atoms with Crippen LogP contribution in [0.2, 0.25) is 0 Å². The van der Waals surface area contributed by atoms with Crippen LogP contribution in [0.1, 0.15) is 16.7 Å². The van der Waals surface area contributed by atoms with E-state index in [-0.39, 0.29) is 16.5 Å². The Morgan fingerprint density at radius 2 is 2.06 bits per heavy atom. The molecule has 0 fully saturated rings. The molecule has 0 heterocycles. The maximum Gasteiger partial charge on any atom is 0.423 e. The summed E-state index contributed by atoms with van der Waals surface area (Å²) in [5.41, 5.74) is -2.55. The maximum atomic E-state index is 12.6. The second-order valence-electron chi connectivity index (χ2n) is 3.03. The Morgan fingerprint density at radius 3 is 2.41 bits per heavy atom. The molecule has 0 amide bonds. The fourth-order valence-electron chi connectivity index (χ4n) is 1.23. The molecule has 0 spiro atoms. The van der Waals surface area contributed by atoms with E-state index in [1.807, 2.05) is 0 Å². The molecule has 8 heteroatoms. The van der Waals surface area contributed by atoms with Crippen molar-refractivity contribution in [2.75, 3.05) is 0 Å². The Kier molecular flexibility index (Phi) is 3.72. The molecule has 0 unspecified atom stereocenters. The first-order valence-electron chi connectivity index (χ1n) is 4.15. The summed E-state index contributed by atoms with van der Waals surface area (Å²) in [6.07, 6.45) is -4.83. The van der Waals surface area contributed by atoms with Crippen LogP contribution in [0, 0.1) is 21.4 Å². The lowest BCUT2D eigenvalue weighted by Crippen LogP contribution is -2.10. The van der Waals surface area contributed by atoms with Crippen LogP contribution in [-0.2, 0) is 11.5 Å². The number of nitrogens with zero attached hydrogens (tertiary/aromatic N) is 2. The molecule has 0 saturated carbocycles. The Morgan fingerprint density at radius 1 is 1.47 bits per heavy atom. The highest BCUT2D eigenvalue weighted by atomic mass is 79.9. The van der Waals surface area contributed by atoms with Gasteiger partial charge in [0.25, 0.3) is 5.69 Å². The van der Waals surface area contributed by atoms with Gasteiger partial charge >= 0.3 is 6.18 Å². The maximum absolute atomic E-state index is 12.6. The van der Waals surface area contributed by atoms with E-state index in [0.717, 1.165) is 0 Å². The first-order valence-corrected chi connectivity index (χ1v) is 5.28. The number of alkyl halides is 4. The van der Waals surface area contributed by atoms with Gasteiger partial charge in [0.05, 0.1) is 16.6 Å². The lowest BCUT2D eigenvalue weighted by Gasteiger charge is -2.09. The smallest absolute Gasteiger partial charge is 0.258 e. The van der Waals surface area contributed by atoms with Crippen LogP contribution >= 0.6 is 15.9 Å². The fourth-order valence-corrected chi connectivity index (χ4v) is 1.69. The second kappa shape index (κ2) is 4.71. The van der Waals surface area contributed by atoms with Crippen LogP contribution in [-0.4, -0.2) is 4.92 Å². The minimum Gasteiger partial charge on any atom is -0.258 e. The van der Waals surface area contributed by atoms with Crippen molar-refractivity contribution in [3.63, 3.8) is 0 Å². The van der Waals surface area contributed by atoms with E-state index in [0.29, 0.717) is 12.1 Å². The number of nitro groups is 1. The SMILES string of the molecule is N#Cc1cc([N+](=O)[O-])c(C(F)(F)F)cc1CBr. The highest BCUT2D eigenvalue weighted by Crippen LogP contribution is 2.38. The van der Waals surface area contributed by atoms with Crippen LogP contribution in [0.5, 0.6) is 0 Å². The van der Waals surface area contributed by atoms with Gasteiger partial charge in [0, 0.05) is 11.4 Å². The van der Waals surface area contributed by atoms with Crippen LogP contribution < -0.4 is 0 Å². The van der Waals surface area contributed by atoms with E-state index >= 15 is 0 Å². The van der Waals surface area contributed by atoms with Crippen molar-refractivity contribution in [3.05, 3.63) is 38.9 Å². The van der Waals surface area contributed by atoms with Crippen LogP contribution in [0.3, 0.4) is 0 Å². The molecule has 1 aromatic carbocycles. The molecule has 0 aliphatic carbocycles. The van der Waals surface area contributed by atoms with Gasteiger partial charge in [-0.15, -0.1) is 0 Å². The van der Waals surface area contributed by atoms with Crippen molar-refractivity contribution in [1.82, 2.24) is 0 Å². The summed E-state index contributed by atoms with van der Waals surface area (Å²) in [5, 5.41) is 19.2. The van der Waals surface area contributed by atoms with Crippen molar-refractivity contribution in [1.29, 1.82) is 5.26 Å². The van der Waals surface area contributed by atoms with E-state index < -0.39 is 22.4 Å². The highest BCUT2D eigenvalue weighted by Gasteiger charge is 2.39. The molecule has 0 aliphatic heterocycles. The average molecular weight is 309 g/mol. The summed E-state index contributed by atoms with van der Waals surface area (Å²) >= 11 is 2.92. The Labute approximate surface area is 102 Å². The number of nitriles is 1. The topological polar surface area (TPSA) is 66.9 Å². The van der Waals surface area contributed by atoms with Crippen molar-refractivity contribution in [3.8, 4) is 6.07 Å². The molecule has 0 aliphatic rings. The zero-order valence-electron chi connectivity index (χ0n) is 8.08. The fraction of sp³-hybridized carbons (Fsp3) is 0.222. The van der Waals surface area contributed by atoms with Crippen molar-refractivity contribution < 1.29 is 18.1 Å². The lowest BCUT2D eigenvalue weighted by atomic mass is 10.0. The van der Waals surface area contributed by atoms with E-state index in [2.05, 4.69) is 15.9 Å². The van der Waals surface area contributed by atoms with Gasteiger partial charge in [0.15, 0.2) is 0 Å². The summed E-state index contributed by atoms with van der Waals surface area (Å²) < 4.78 is 37.7. The monoisotopic (exact) mass is 308 g/mol. The van der Waals surface area contributed by atoms with Gasteiger partial charge in [-0.1, -0.05) is 15.9 Å². The van der Waals surface area contributed by atoms with Gasteiger partial charge in [-0.05, 0) is 11.6 Å². The molecule has 1 rings (SSSR count). The van der Waals surface area contributed by atoms with Crippen LogP contribution in [0.25, 0.3) is 0 Å². The molecule has 1 aromatic rings. The minimum absolute atomic E-state index is 0.0109. The van der Waals surface area contributed by atoms with Crippen molar-refractivity contribution >= 4 is 21.6 Å². The number of hydrogen-bond acceptors (Lipinski definition) is 3. The summed E-state index contributed by atoms with van der Waals surface area (Å²) in [6.45, 7) is 0. The van der Waals surface area contributed by atoms with Gasteiger partial charge in [0.2, 0.25) is 0 Å². The molecule has 0 radical (unpaired) electrons. The molecule has 4 nitrogen and oxygen atoms in total. The molecule has 0 aromatic heterocycles. The number of nitro benzene ring substituents is 1. The molecule has 17 heavy (non-hydrogen) atoms. The van der Waals surface area contributed by atoms with Crippen LogP contribution in [0.4, 0.5) is 18.9 Å². The third kappa shape index (κ3) is 2.74. The van der Waals surface area contributed by atoms with Gasteiger partial charge in [-0.2, -0.15) is 18.4 Å². The predicted octanol–water partition coefficient (Wildman–Crippen LogP) is 3.38. The second-order valence-corrected chi connectivity index (χ2v) is 3.59. The molecule has 90 valence electrons. The van der Waals surface area contributed by atoms with E-state index in [1.165, 1.54) is 0 Å². The van der Waals surface area contributed by atoms with Gasteiger partial charge < -0.3 is 0 Å². The quantitative estimate of drug-likeness (QED) is 0.478. The Balaban J connectivity index is 3.59. The third-order valence-corrected chi connectivity index (χ3v) is 2.59. The third-order valence-electron chi connectivity index (χ3n) is 1.99. The van der Waals surface area contributed by atoms with Gasteiger partial charge in [-0.3, -0.25) is 10.1 Å². The zero-order valence-corrected chi connectivity index (χ0v) is 9.67. The number of rotatable bonds is 2. The first-order chi connectivity index (χ1) is 7.81. The molecule has 0 atom stereocenters. The molecule has 0 N–H and O–H groups in total. The summed E-state index contributed by atoms with van der Waals surface area (Å²) in [4.78, 5) is 9.37. The summed E-state index contributed by atoms with van der Waals surface area (Å²) in [5.74, 6) is 0. The van der Waals surface area contributed by atoms with Gasteiger partial charge in [-0.25, -0.2) is 0 Å². The lowest BCUT2D eigenvalue weighted by molar-refractivity contribution is -0.388.